The van der Waals surface area contributed by atoms with Gasteiger partial charge in [-0.15, -0.1) is 0 Å². The molecule has 0 atom stereocenters. The van der Waals surface area contributed by atoms with Crippen molar-refractivity contribution in [2.45, 2.75) is 25.3 Å². The monoisotopic (exact) mass is 240 g/mol. The Balaban J connectivity index is 2.06. The maximum atomic E-state index is 11.1. The van der Waals surface area contributed by atoms with E-state index < -0.39 is 10.0 Å². The van der Waals surface area contributed by atoms with Gasteiger partial charge in [0, 0.05) is 11.7 Å². The molecule has 1 aliphatic carbocycles. The number of anilines is 2. The minimum Gasteiger partial charge on any atom is -0.382 e. The van der Waals surface area contributed by atoms with Crippen LogP contribution in [-0.4, -0.2) is 20.7 Å². The third kappa shape index (κ3) is 3.13. The first-order valence-corrected chi connectivity index (χ1v) is 7.26. The molecule has 0 spiro atoms. The van der Waals surface area contributed by atoms with Gasteiger partial charge < -0.3 is 5.32 Å². The van der Waals surface area contributed by atoms with E-state index in [0.717, 1.165) is 11.9 Å². The molecule has 88 valence electrons. The molecule has 1 aromatic rings. The van der Waals surface area contributed by atoms with Crippen molar-refractivity contribution < 1.29 is 8.42 Å². The fourth-order valence-corrected chi connectivity index (χ4v) is 2.23. The van der Waals surface area contributed by atoms with Crippen molar-refractivity contribution in [1.82, 2.24) is 0 Å². The molecular weight excluding hydrogens is 224 g/mol. The molecule has 0 amide bonds. The van der Waals surface area contributed by atoms with E-state index in [1.807, 2.05) is 18.2 Å². The first-order valence-electron chi connectivity index (χ1n) is 5.37. The lowest BCUT2D eigenvalue weighted by Crippen LogP contribution is -2.26. The first kappa shape index (κ1) is 11.3. The molecule has 2 rings (SSSR count). The van der Waals surface area contributed by atoms with Gasteiger partial charge in [-0.05, 0) is 37.5 Å². The third-order valence-corrected chi connectivity index (χ3v) is 3.25. The second-order valence-electron chi connectivity index (χ2n) is 4.23. The summed E-state index contributed by atoms with van der Waals surface area (Å²) in [6.45, 7) is 0. The molecule has 1 aliphatic rings. The minimum absolute atomic E-state index is 0.550. The highest BCUT2D eigenvalue weighted by Crippen LogP contribution is 2.24. The summed E-state index contributed by atoms with van der Waals surface area (Å²) in [5.41, 5.74) is 1.57. The lowest BCUT2D eigenvalue weighted by Gasteiger charge is -2.27. The van der Waals surface area contributed by atoms with E-state index in [1.54, 1.807) is 6.07 Å². The minimum atomic E-state index is -3.19. The average molecular weight is 240 g/mol. The maximum Gasteiger partial charge on any atom is 0.229 e. The zero-order valence-corrected chi connectivity index (χ0v) is 10.0. The lowest BCUT2D eigenvalue weighted by atomic mass is 9.93. The maximum absolute atomic E-state index is 11.1. The molecule has 0 heterocycles. The highest BCUT2D eigenvalue weighted by Gasteiger charge is 2.16. The van der Waals surface area contributed by atoms with Gasteiger partial charge in [0.1, 0.15) is 0 Å². The lowest BCUT2D eigenvalue weighted by molar-refractivity contribution is 0.445. The fraction of sp³-hybridized carbons (Fsp3) is 0.455. The van der Waals surface area contributed by atoms with Crippen LogP contribution in [0.5, 0.6) is 0 Å². The van der Waals surface area contributed by atoms with Gasteiger partial charge >= 0.3 is 0 Å². The molecule has 1 fully saturated rings. The Morgan fingerprint density at radius 2 is 1.94 bits per heavy atom. The van der Waals surface area contributed by atoms with Crippen LogP contribution in [0.1, 0.15) is 19.3 Å². The second kappa shape index (κ2) is 4.33. The Bertz CT molecular complexity index is 467. The van der Waals surface area contributed by atoms with Crippen LogP contribution in [0.4, 0.5) is 11.4 Å². The van der Waals surface area contributed by atoms with E-state index >= 15 is 0 Å². The molecule has 5 heteroatoms. The summed E-state index contributed by atoms with van der Waals surface area (Å²) in [5, 5.41) is 3.37. The quantitative estimate of drug-likeness (QED) is 0.846. The molecule has 0 saturated heterocycles. The van der Waals surface area contributed by atoms with Crippen LogP contribution < -0.4 is 10.0 Å². The topological polar surface area (TPSA) is 58.2 Å². The van der Waals surface area contributed by atoms with Crippen molar-refractivity contribution in [1.29, 1.82) is 0 Å². The highest BCUT2D eigenvalue weighted by molar-refractivity contribution is 7.92. The Kier molecular flexibility index (Phi) is 3.05. The van der Waals surface area contributed by atoms with Crippen LogP contribution >= 0.6 is 0 Å². The molecule has 1 saturated carbocycles. The summed E-state index contributed by atoms with van der Waals surface area (Å²) in [6, 6.07) is 7.90. The van der Waals surface area contributed by atoms with E-state index in [2.05, 4.69) is 10.0 Å². The van der Waals surface area contributed by atoms with Gasteiger partial charge in [0.2, 0.25) is 10.0 Å². The van der Waals surface area contributed by atoms with E-state index in [1.165, 1.54) is 19.3 Å². The summed E-state index contributed by atoms with van der Waals surface area (Å²) in [6.07, 6.45) is 4.82. The second-order valence-corrected chi connectivity index (χ2v) is 5.98. The van der Waals surface area contributed by atoms with E-state index in [0.29, 0.717) is 11.7 Å². The van der Waals surface area contributed by atoms with Gasteiger partial charge in [-0.25, -0.2) is 8.42 Å². The summed E-state index contributed by atoms with van der Waals surface area (Å²) in [5.74, 6) is 0. The van der Waals surface area contributed by atoms with Gasteiger partial charge in [0.05, 0.1) is 11.9 Å². The number of hydrogen-bond acceptors (Lipinski definition) is 3. The van der Waals surface area contributed by atoms with E-state index in [4.69, 9.17) is 0 Å². The summed E-state index contributed by atoms with van der Waals surface area (Å²) >= 11 is 0. The van der Waals surface area contributed by atoms with E-state index in [9.17, 15) is 8.42 Å². The summed E-state index contributed by atoms with van der Waals surface area (Å²) in [4.78, 5) is 0. The van der Waals surface area contributed by atoms with Crippen LogP contribution in [0.3, 0.4) is 0 Å². The standard InChI is InChI=1S/C11H16N2O2S/c1-16(14,15)13-11-7-3-6-10(8-11)12-9-4-2-5-9/h3,6-9,12-13H,2,4-5H2,1H3. The zero-order valence-electron chi connectivity index (χ0n) is 9.23. The Morgan fingerprint density at radius 3 is 2.50 bits per heavy atom. The fourth-order valence-electron chi connectivity index (χ4n) is 1.67. The molecule has 16 heavy (non-hydrogen) atoms. The summed E-state index contributed by atoms with van der Waals surface area (Å²) in [7, 11) is -3.19. The molecule has 0 unspecified atom stereocenters. The molecule has 1 aromatic carbocycles. The molecule has 4 nitrogen and oxygen atoms in total. The predicted octanol–water partition coefficient (Wildman–Crippen LogP) is 2.02. The van der Waals surface area contributed by atoms with Crippen molar-refractivity contribution in [2.75, 3.05) is 16.3 Å². The molecule has 2 N–H and O–H groups in total. The van der Waals surface area contributed by atoms with Crippen LogP contribution in [-0.2, 0) is 10.0 Å². The molecule has 0 aliphatic heterocycles. The number of hydrogen-bond donors (Lipinski definition) is 2. The largest absolute Gasteiger partial charge is 0.382 e. The van der Waals surface area contributed by atoms with Crippen LogP contribution in [0.25, 0.3) is 0 Å². The third-order valence-electron chi connectivity index (χ3n) is 2.64. The number of rotatable bonds is 4. The normalized spacial score (nSPS) is 16.6. The number of nitrogens with one attached hydrogen (secondary N) is 2. The first-order chi connectivity index (χ1) is 7.53. The number of benzene rings is 1. The Hall–Kier alpha value is -1.23. The molecule has 0 aromatic heterocycles. The van der Waals surface area contributed by atoms with Crippen molar-refractivity contribution in [3.63, 3.8) is 0 Å². The molecule has 0 radical (unpaired) electrons. The molecule has 0 bridgehead atoms. The Morgan fingerprint density at radius 1 is 1.25 bits per heavy atom. The van der Waals surface area contributed by atoms with Crippen LogP contribution in [0, 0.1) is 0 Å². The SMILES string of the molecule is CS(=O)(=O)Nc1cccc(NC2CCC2)c1. The van der Waals surface area contributed by atoms with Gasteiger partial charge in [-0.1, -0.05) is 6.07 Å². The van der Waals surface area contributed by atoms with Gasteiger partial charge in [-0.2, -0.15) is 0 Å². The van der Waals surface area contributed by atoms with Gasteiger partial charge in [-0.3, -0.25) is 4.72 Å². The average Bonchev–Trinajstić information content (AvgIpc) is 2.09. The number of sulfonamides is 1. The van der Waals surface area contributed by atoms with Gasteiger partial charge in [0.15, 0.2) is 0 Å². The van der Waals surface area contributed by atoms with Crippen LogP contribution in [0.2, 0.25) is 0 Å². The van der Waals surface area contributed by atoms with Crippen molar-refractivity contribution in [3.8, 4) is 0 Å². The van der Waals surface area contributed by atoms with Crippen molar-refractivity contribution in [2.24, 2.45) is 0 Å². The van der Waals surface area contributed by atoms with Crippen molar-refractivity contribution in [3.05, 3.63) is 24.3 Å². The smallest absolute Gasteiger partial charge is 0.229 e. The van der Waals surface area contributed by atoms with Crippen LogP contribution in [0.15, 0.2) is 24.3 Å². The van der Waals surface area contributed by atoms with Crippen molar-refractivity contribution >= 4 is 21.4 Å². The van der Waals surface area contributed by atoms with Gasteiger partial charge in [0.25, 0.3) is 0 Å². The Labute approximate surface area is 96.1 Å². The highest BCUT2D eigenvalue weighted by atomic mass is 32.2. The van der Waals surface area contributed by atoms with E-state index in [-0.39, 0.29) is 0 Å². The summed E-state index contributed by atoms with van der Waals surface area (Å²) < 4.78 is 24.6. The molecular formula is C11H16N2O2S. The zero-order chi connectivity index (χ0) is 11.6. The predicted molar refractivity (Wildman–Crippen MR) is 66.2 cm³/mol.